The fourth-order valence-electron chi connectivity index (χ4n) is 2.38. The van der Waals surface area contributed by atoms with Gasteiger partial charge in [-0.3, -0.25) is 0 Å². The molecule has 1 saturated heterocycles. The Morgan fingerprint density at radius 1 is 1.52 bits per heavy atom. The minimum absolute atomic E-state index is 0.104. The first kappa shape index (κ1) is 16.2. The summed E-state index contributed by atoms with van der Waals surface area (Å²) in [6.45, 7) is 3.93. The average molecular weight is 315 g/mol. The van der Waals surface area contributed by atoms with Gasteiger partial charge in [-0.25, -0.2) is 13.1 Å². The molecule has 0 radical (unpaired) electrons. The second-order valence-electron chi connectivity index (χ2n) is 5.42. The first-order chi connectivity index (χ1) is 9.82. The van der Waals surface area contributed by atoms with Crippen LogP contribution in [0.4, 0.5) is 0 Å². The van der Waals surface area contributed by atoms with Crippen molar-refractivity contribution in [2.45, 2.75) is 43.4 Å². The number of aliphatic hydroxyl groups excluding tert-OH is 1. The highest BCUT2D eigenvalue weighted by Crippen LogP contribution is 2.28. The molecule has 2 unspecified atom stereocenters. The molecule has 0 saturated carbocycles. The lowest BCUT2D eigenvalue weighted by atomic mass is 9.97. The van der Waals surface area contributed by atoms with Gasteiger partial charge in [0.1, 0.15) is 5.75 Å². The van der Waals surface area contributed by atoms with Crippen molar-refractivity contribution in [1.29, 1.82) is 0 Å². The zero-order chi connectivity index (χ0) is 15.7. The molecule has 0 bridgehead atoms. The predicted octanol–water partition coefficient (Wildman–Crippen LogP) is 1.03. The summed E-state index contributed by atoms with van der Waals surface area (Å²) >= 11 is 0. The van der Waals surface area contributed by atoms with E-state index in [1.807, 2.05) is 13.8 Å². The van der Waals surface area contributed by atoms with Gasteiger partial charge in [-0.1, -0.05) is 0 Å². The number of methoxy groups -OCH3 is 1. The van der Waals surface area contributed by atoms with Gasteiger partial charge in [0.25, 0.3) is 0 Å². The van der Waals surface area contributed by atoms with Crippen LogP contribution in [0.5, 0.6) is 5.75 Å². The first-order valence-corrected chi connectivity index (χ1v) is 8.24. The van der Waals surface area contributed by atoms with E-state index >= 15 is 0 Å². The van der Waals surface area contributed by atoms with Gasteiger partial charge < -0.3 is 14.6 Å². The van der Waals surface area contributed by atoms with Crippen LogP contribution in [0.25, 0.3) is 0 Å². The van der Waals surface area contributed by atoms with Crippen molar-refractivity contribution in [3.05, 3.63) is 23.8 Å². The molecular formula is C14H21NO5S. The Morgan fingerprint density at radius 3 is 2.76 bits per heavy atom. The molecule has 2 rings (SSSR count). The highest BCUT2D eigenvalue weighted by Gasteiger charge is 2.40. The lowest BCUT2D eigenvalue weighted by Gasteiger charge is -2.28. The molecule has 21 heavy (non-hydrogen) atoms. The summed E-state index contributed by atoms with van der Waals surface area (Å²) in [5.41, 5.74) is -0.195. The highest BCUT2D eigenvalue weighted by molar-refractivity contribution is 7.89. The maximum atomic E-state index is 12.5. The number of sulfonamides is 1. The van der Waals surface area contributed by atoms with Crippen molar-refractivity contribution in [2.24, 2.45) is 0 Å². The summed E-state index contributed by atoms with van der Waals surface area (Å²) in [5, 5.41) is 9.30. The Morgan fingerprint density at radius 2 is 2.24 bits per heavy atom. The normalized spacial score (nSPS) is 26.0. The Kier molecular flexibility index (Phi) is 4.57. The molecule has 2 atom stereocenters. The molecule has 2 N–H and O–H groups in total. The molecule has 7 heteroatoms. The van der Waals surface area contributed by atoms with Gasteiger partial charge in [0.05, 0.1) is 30.3 Å². The van der Waals surface area contributed by atoms with Gasteiger partial charge >= 0.3 is 0 Å². The van der Waals surface area contributed by atoms with Crippen LogP contribution in [-0.2, 0) is 21.4 Å². The number of aliphatic hydroxyl groups is 1. The summed E-state index contributed by atoms with van der Waals surface area (Å²) in [7, 11) is -2.22. The van der Waals surface area contributed by atoms with E-state index in [0.717, 1.165) is 0 Å². The van der Waals surface area contributed by atoms with Crippen molar-refractivity contribution in [3.8, 4) is 5.75 Å². The molecule has 6 nitrogen and oxygen atoms in total. The summed E-state index contributed by atoms with van der Waals surface area (Å²) in [5.74, 6) is 0.459. The van der Waals surface area contributed by atoms with E-state index in [0.29, 0.717) is 24.3 Å². The number of nitrogens with one attached hydrogen (secondary N) is 1. The van der Waals surface area contributed by atoms with Gasteiger partial charge in [0.2, 0.25) is 10.0 Å². The van der Waals surface area contributed by atoms with Crippen LogP contribution in [-0.4, -0.2) is 38.9 Å². The molecule has 1 heterocycles. The van der Waals surface area contributed by atoms with Crippen molar-refractivity contribution in [2.75, 3.05) is 13.7 Å². The summed E-state index contributed by atoms with van der Waals surface area (Å²) in [6, 6.07) is 4.42. The van der Waals surface area contributed by atoms with Crippen LogP contribution in [0.15, 0.2) is 23.1 Å². The van der Waals surface area contributed by atoms with E-state index in [2.05, 4.69) is 4.72 Å². The molecule has 0 aliphatic carbocycles. The number of rotatable bonds is 5. The Labute approximate surface area is 125 Å². The summed E-state index contributed by atoms with van der Waals surface area (Å²) in [6.07, 6.45) is 0.430. The van der Waals surface area contributed by atoms with E-state index in [1.165, 1.54) is 25.3 Å². The molecule has 1 aromatic carbocycles. The molecule has 0 amide bonds. The zero-order valence-corrected chi connectivity index (χ0v) is 13.2. The number of hydrogen-bond donors (Lipinski definition) is 2. The zero-order valence-electron chi connectivity index (χ0n) is 12.4. The fraction of sp³-hybridized carbons (Fsp3) is 0.571. The van der Waals surface area contributed by atoms with Crippen LogP contribution in [0.1, 0.15) is 25.8 Å². The van der Waals surface area contributed by atoms with Crippen molar-refractivity contribution < 1.29 is 23.0 Å². The largest absolute Gasteiger partial charge is 0.496 e. The van der Waals surface area contributed by atoms with Crippen LogP contribution in [0.2, 0.25) is 0 Å². The van der Waals surface area contributed by atoms with E-state index in [4.69, 9.17) is 9.47 Å². The maximum absolute atomic E-state index is 12.5. The number of hydrogen-bond acceptors (Lipinski definition) is 5. The first-order valence-electron chi connectivity index (χ1n) is 6.76. The van der Waals surface area contributed by atoms with Gasteiger partial charge in [-0.15, -0.1) is 0 Å². The third-order valence-electron chi connectivity index (χ3n) is 3.99. The van der Waals surface area contributed by atoms with E-state index < -0.39 is 15.6 Å². The van der Waals surface area contributed by atoms with E-state index in [1.54, 1.807) is 0 Å². The number of ether oxygens (including phenoxy) is 2. The van der Waals surface area contributed by atoms with Gasteiger partial charge in [0.15, 0.2) is 0 Å². The molecular weight excluding hydrogens is 294 g/mol. The monoisotopic (exact) mass is 315 g/mol. The van der Waals surface area contributed by atoms with Gasteiger partial charge in [0, 0.05) is 12.2 Å². The molecule has 0 aromatic heterocycles. The fourth-order valence-corrected chi connectivity index (χ4v) is 3.92. The third kappa shape index (κ3) is 3.21. The minimum Gasteiger partial charge on any atom is -0.496 e. The Hall–Kier alpha value is -1.15. The van der Waals surface area contributed by atoms with Gasteiger partial charge in [-0.2, -0.15) is 0 Å². The molecule has 118 valence electrons. The van der Waals surface area contributed by atoms with Crippen LogP contribution >= 0.6 is 0 Å². The molecule has 1 aliphatic rings. The molecule has 0 spiro atoms. The lowest BCUT2D eigenvalue weighted by Crippen LogP contribution is -2.50. The molecule has 1 aromatic rings. The predicted molar refractivity (Wildman–Crippen MR) is 77.7 cm³/mol. The van der Waals surface area contributed by atoms with Crippen molar-refractivity contribution >= 4 is 10.0 Å². The smallest absolute Gasteiger partial charge is 0.241 e. The van der Waals surface area contributed by atoms with Crippen molar-refractivity contribution in [3.63, 3.8) is 0 Å². The molecule has 1 fully saturated rings. The van der Waals surface area contributed by atoms with Crippen LogP contribution in [0.3, 0.4) is 0 Å². The van der Waals surface area contributed by atoms with Gasteiger partial charge in [-0.05, 0) is 38.5 Å². The quantitative estimate of drug-likeness (QED) is 0.848. The minimum atomic E-state index is -3.69. The standard InChI is InChI=1S/C14H21NO5S/c1-10-14(2,6-7-20-10)15-21(17,18)12-4-5-13(19-3)11(8-12)9-16/h4-5,8,10,15-16H,6-7,9H2,1-3H3. The van der Waals surface area contributed by atoms with E-state index in [9.17, 15) is 13.5 Å². The average Bonchev–Trinajstić information content (AvgIpc) is 2.76. The Balaban J connectivity index is 2.32. The highest BCUT2D eigenvalue weighted by atomic mass is 32.2. The van der Waals surface area contributed by atoms with Crippen LogP contribution in [0, 0.1) is 0 Å². The second-order valence-corrected chi connectivity index (χ2v) is 7.10. The van der Waals surface area contributed by atoms with Crippen LogP contribution < -0.4 is 9.46 Å². The maximum Gasteiger partial charge on any atom is 0.241 e. The summed E-state index contributed by atoms with van der Waals surface area (Å²) in [4.78, 5) is 0.104. The lowest BCUT2D eigenvalue weighted by molar-refractivity contribution is 0.0957. The number of benzene rings is 1. The Bertz CT molecular complexity index is 616. The second kappa shape index (κ2) is 5.92. The molecule has 1 aliphatic heterocycles. The summed E-state index contributed by atoms with van der Waals surface area (Å²) < 4.78 is 38.3. The topological polar surface area (TPSA) is 84.9 Å². The van der Waals surface area contributed by atoms with Crippen molar-refractivity contribution in [1.82, 2.24) is 4.72 Å². The van der Waals surface area contributed by atoms with E-state index in [-0.39, 0.29) is 17.6 Å². The SMILES string of the molecule is COc1ccc(S(=O)(=O)NC2(C)CCOC2C)cc1CO. The third-order valence-corrected chi connectivity index (χ3v) is 5.60.